The molecule has 1 amide bonds. The van der Waals surface area contributed by atoms with Crippen molar-refractivity contribution in [1.82, 2.24) is 0 Å². The second-order valence-electron chi connectivity index (χ2n) is 4.87. The van der Waals surface area contributed by atoms with Gasteiger partial charge in [-0.2, -0.15) is 0 Å². The van der Waals surface area contributed by atoms with Crippen molar-refractivity contribution in [2.24, 2.45) is 0 Å². The Labute approximate surface area is 138 Å². The molecule has 2 aromatic rings. The summed E-state index contributed by atoms with van der Waals surface area (Å²) < 4.78 is 0.970. The van der Waals surface area contributed by atoms with Gasteiger partial charge in [-0.1, -0.05) is 28.1 Å². The summed E-state index contributed by atoms with van der Waals surface area (Å²) >= 11 is 3.35. The van der Waals surface area contributed by atoms with Gasteiger partial charge in [-0.3, -0.25) is 9.59 Å². The molecule has 0 radical (unpaired) electrons. The summed E-state index contributed by atoms with van der Waals surface area (Å²) in [6.45, 7) is 2.04. The zero-order valence-electron chi connectivity index (χ0n) is 12.2. The fraction of sp³-hybridized carbons (Fsp3) is 0.176. The molecule has 0 saturated carbocycles. The Balaban J connectivity index is 1.80. The first-order chi connectivity index (χ1) is 10.5. The van der Waals surface area contributed by atoms with Crippen LogP contribution in [0, 0.1) is 0 Å². The summed E-state index contributed by atoms with van der Waals surface area (Å²) in [6, 6.07) is 14.7. The van der Waals surface area contributed by atoms with E-state index in [-0.39, 0.29) is 11.7 Å². The molecule has 2 N–H and O–H groups in total. The summed E-state index contributed by atoms with van der Waals surface area (Å²) in [4.78, 5) is 23.2. The zero-order chi connectivity index (χ0) is 15.9. The molecule has 0 fully saturated rings. The number of carbonyl (C=O) groups is 2. The Kier molecular flexibility index (Phi) is 5.72. The summed E-state index contributed by atoms with van der Waals surface area (Å²) in [5.74, 6) is -0.0332. The predicted molar refractivity (Wildman–Crippen MR) is 92.3 cm³/mol. The van der Waals surface area contributed by atoms with Crippen molar-refractivity contribution in [2.45, 2.75) is 13.3 Å². The van der Waals surface area contributed by atoms with Gasteiger partial charge in [0.05, 0.1) is 0 Å². The van der Waals surface area contributed by atoms with Crippen molar-refractivity contribution >= 4 is 39.0 Å². The largest absolute Gasteiger partial charge is 0.385 e. The predicted octanol–water partition coefficient (Wildman–Crippen LogP) is 4.09. The van der Waals surface area contributed by atoms with Crippen LogP contribution in [0.4, 0.5) is 11.4 Å². The molecule has 114 valence electrons. The van der Waals surface area contributed by atoms with Crippen LogP contribution in [0.5, 0.6) is 0 Å². The number of carbonyl (C=O) groups excluding carboxylic acids is 2. The van der Waals surface area contributed by atoms with Crippen LogP contribution in [-0.2, 0) is 4.79 Å². The average molecular weight is 361 g/mol. The highest BCUT2D eigenvalue weighted by Gasteiger charge is 2.03. The van der Waals surface area contributed by atoms with E-state index in [1.807, 2.05) is 36.4 Å². The minimum atomic E-state index is -0.0578. The molecule has 0 heterocycles. The molecule has 0 bridgehead atoms. The quantitative estimate of drug-likeness (QED) is 0.762. The first-order valence-electron chi connectivity index (χ1n) is 6.95. The van der Waals surface area contributed by atoms with Crippen LogP contribution in [0.1, 0.15) is 23.7 Å². The molecule has 5 heteroatoms. The minimum absolute atomic E-state index is 0.0247. The van der Waals surface area contributed by atoms with E-state index in [0.29, 0.717) is 18.5 Å². The fourth-order valence-corrected chi connectivity index (χ4v) is 2.19. The molecule has 4 nitrogen and oxygen atoms in total. The van der Waals surface area contributed by atoms with Crippen molar-refractivity contribution in [3.63, 3.8) is 0 Å². The monoisotopic (exact) mass is 360 g/mol. The van der Waals surface area contributed by atoms with E-state index in [2.05, 4.69) is 26.6 Å². The lowest BCUT2D eigenvalue weighted by Crippen LogP contribution is -2.16. The summed E-state index contributed by atoms with van der Waals surface area (Å²) in [5, 5.41) is 5.98. The number of halogens is 1. The average Bonchev–Trinajstić information content (AvgIpc) is 2.50. The molecule has 0 aliphatic heterocycles. The number of rotatable bonds is 6. The minimum Gasteiger partial charge on any atom is -0.385 e. The van der Waals surface area contributed by atoms with Crippen LogP contribution in [0.25, 0.3) is 0 Å². The highest BCUT2D eigenvalue weighted by Crippen LogP contribution is 2.14. The van der Waals surface area contributed by atoms with Gasteiger partial charge in [0, 0.05) is 34.4 Å². The van der Waals surface area contributed by atoms with E-state index < -0.39 is 0 Å². The van der Waals surface area contributed by atoms with Crippen molar-refractivity contribution in [1.29, 1.82) is 0 Å². The molecule has 2 aromatic carbocycles. The first-order valence-corrected chi connectivity index (χ1v) is 7.74. The van der Waals surface area contributed by atoms with Crippen LogP contribution in [0.2, 0.25) is 0 Å². The Bertz CT molecular complexity index is 669. The standard InChI is InChI=1S/C17H17BrN2O2/c1-12(21)13-3-2-4-16(11-13)19-10-9-17(22)20-15-7-5-14(18)6-8-15/h2-8,11,19H,9-10H2,1H3,(H,20,22). The molecule has 0 aliphatic carbocycles. The van der Waals surface area contributed by atoms with Gasteiger partial charge < -0.3 is 10.6 Å². The first kappa shape index (κ1) is 16.2. The third-order valence-electron chi connectivity index (χ3n) is 3.08. The van der Waals surface area contributed by atoms with E-state index >= 15 is 0 Å². The number of anilines is 2. The van der Waals surface area contributed by atoms with Crippen molar-refractivity contribution in [2.75, 3.05) is 17.2 Å². The van der Waals surface area contributed by atoms with E-state index in [4.69, 9.17) is 0 Å². The van der Waals surface area contributed by atoms with Gasteiger partial charge >= 0.3 is 0 Å². The number of amides is 1. The highest BCUT2D eigenvalue weighted by atomic mass is 79.9. The number of ketones is 1. The number of nitrogens with one attached hydrogen (secondary N) is 2. The van der Waals surface area contributed by atoms with Gasteiger partial charge in [-0.15, -0.1) is 0 Å². The molecule has 2 rings (SSSR count). The maximum atomic E-state index is 11.8. The second kappa shape index (κ2) is 7.75. The molecule has 0 saturated heterocycles. The van der Waals surface area contributed by atoms with Crippen molar-refractivity contribution in [3.05, 3.63) is 58.6 Å². The third-order valence-corrected chi connectivity index (χ3v) is 3.61. The summed E-state index contributed by atoms with van der Waals surface area (Å²) in [6.07, 6.45) is 0.348. The Morgan fingerprint density at radius 3 is 2.45 bits per heavy atom. The molecular formula is C17H17BrN2O2. The maximum absolute atomic E-state index is 11.8. The number of benzene rings is 2. The van der Waals surface area contributed by atoms with E-state index in [9.17, 15) is 9.59 Å². The number of hydrogen-bond acceptors (Lipinski definition) is 3. The maximum Gasteiger partial charge on any atom is 0.226 e. The van der Waals surface area contributed by atoms with Gasteiger partial charge in [0.25, 0.3) is 0 Å². The van der Waals surface area contributed by atoms with Crippen LogP contribution >= 0.6 is 15.9 Å². The second-order valence-corrected chi connectivity index (χ2v) is 5.78. The molecule has 0 aliphatic rings. The van der Waals surface area contributed by atoms with Crippen molar-refractivity contribution in [3.8, 4) is 0 Å². The van der Waals surface area contributed by atoms with Crippen molar-refractivity contribution < 1.29 is 9.59 Å². The normalized spacial score (nSPS) is 10.1. The van der Waals surface area contributed by atoms with Crippen LogP contribution in [-0.4, -0.2) is 18.2 Å². The molecular weight excluding hydrogens is 344 g/mol. The Morgan fingerprint density at radius 1 is 1.05 bits per heavy atom. The fourth-order valence-electron chi connectivity index (χ4n) is 1.93. The zero-order valence-corrected chi connectivity index (χ0v) is 13.8. The molecule has 0 aromatic heterocycles. The van der Waals surface area contributed by atoms with Crippen LogP contribution in [0.15, 0.2) is 53.0 Å². The number of Topliss-reactive ketones (excluding diaryl/α,β-unsaturated/α-hetero) is 1. The highest BCUT2D eigenvalue weighted by molar-refractivity contribution is 9.10. The molecule has 0 atom stereocenters. The van der Waals surface area contributed by atoms with Crippen LogP contribution < -0.4 is 10.6 Å². The lowest BCUT2D eigenvalue weighted by atomic mass is 10.1. The lowest BCUT2D eigenvalue weighted by Gasteiger charge is -2.08. The number of hydrogen-bond donors (Lipinski definition) is 2. The topological polar surface area (TPSA) is 58.2 Å². The van der Waals surface area contributed by atoms with Gasteiger partial charge in [-0.25, -0.2) is 0 Å². The van der Waals surface area contributed by atoms with E-state index in [1.54, 1.807) is 12.1 Å². The molecule has 22 heavy (non-hydrogen) atoms. The third kappa shape index (κ3) is 5.00. The van der Waals surface area contributed by atoms with Gasteiger partial charge in [0.1, 0.15) is 0 Å². The van der Waals surface area contributed by atoms with Gasteiger partial charge in [0.2, 0.25) is 5.91 Å². The molecule has 0 unspecified atom stereocenters. The Morgan fingerprint density at radius 2 is 1.77 bits per heavy atom. The lowest BCUT2D eigenvalue weighted by molar-refractivity contribution is -0.115. The SMILES string of the molecule is CC(=O)c1cccc(NCCC(=O)Nc2ccc(Br)cc2)c1. The smallest absolute Gasteiger partial charge is 0.226 e. The van der Waals surface area contributed by atoms with Gasteiger partial charge in [0.15, 0.2) is 5.78 Å². The van der Waals surface area contributed by atoms with Gasteiger partial charge in [-0.05, 0) is 43.3 Å². The van der Waals surface area contributed by atoms with E-state index in [0.717, 1.165) is 15.8 Å². The Hall–Kier alpha value is -2.14. The van der Waals surface area contributed by atoms with E-state index in [1.165, 1.54) is 6.92 Å². The van der Waals surface area contributed by atoms with Crippen LogP contribution in [0.3, 0.4) is 0 Å². The molecule has 0 spiro atoms. The summed E-state index contributed by atoms with van der Waals surface area (Å²) in [7, 11) is 0. The summed E-state index contributed by atoms with van der Waals surface area (Å²) in [5.41, 5.74) is 2.26.